The van der Waals surface area contributed by atoms with Crippen LogP contribution in [0.5, 0.6) is 5.75 Å². The Bertz CT molecular complexity index is 1360. The standard InChI is InChI=1S/C17H23N5O.C13H19F3N2O/c1-4-14-7-5-6-13(11-23)8-17(14)22(19)10-16(18)15-9-20-21(3)12(15)2;1-8(2)18-7-9-5-10(17-3)6-11(12(9)19-4)13(14,15)16/h6-11H,4-5,18-19H2,1-3H3;5-6,8,17-18H,7H2,1-4H3/b16-10-;. The van der Waals surface area contributed by atoms with Crippen LogP contribution < -0.4 is 26.9 Å². The van der Waals surface area contributed by atoms with Gasteiger partial charge in [0, 0.05) is 61.0 Å². The lowest BCUT2D eigenvalue weighted by Crippen LogP contribution is -2.27. The van der Waals surface area contributed by atoms with Crippen molar-refractivity contribution >= 4 is 17.7 Å². The van der Waals surface area contributed by atoms with Crippen LogP contribution >= 0.6 is 0 Å². The Morgan fingerprint density at radius 1 is 1.29 bits per heavy atom. The molecule has 2 aromatic rings. The quantitative estimate of drug-likeness (QED) is 0.170. The highest BCUT2D eigenvalue weighted by Crippen LogP contribution is 2.40. The molecule has 1 aromatic heterocycles. The lowest BCUT2D eigenvalue weighted by Gasteiger charge is -2.20. The number of alkyl halides is 3. The Labute approximate surface area is 245 Å². The van der Waals surface area contributed by atoms with Gasteiger partial charge in [0.25, 0.3) is 0 Å². The zero-order chi connectivity index (χ0) is 31.6. The molecule has 9 nitrogen and oxygen atoms in total. The number of carbonyl (C=O) groups is 1. The van der Waals surface area contributed by atoms with Gasteiger partial charge in [0.15, 0.2) is 0 Å². The third-order valence-electron chi connectivity index (χ3n) is 6.63. The molecule has 1 heterocycles. The summed E-state index contributed by atoms with van der Waals surface area (Å²) in [5, 5.41) is 11.5. The summed E-state index contributed by atoms with van der Waals surface area (Å²) >= 11 is 0. The molecule has 6 N–H and O–H groups in total. The third kappa shape index (κ3) is 8.98. The molecule has 42 heavy (non-hydrogen) atoms. The van der Waals surface area contributed by atoms with Crippen molar-refractivity contribution in [3.63, 3.8) is 0 Å². The van der Waals surface area contributed by atoms with E-state index < -0.39 is 11.7 Å². The summed E-state index contributed by atoms with van der Waals surface area (Å²) in [6, 6.07) is 2.89. The van der Waals surface area contributed by atoms with E-state index in [9.17, 15) is 18.0 Å². The van der Waals surface area contributed by atoms with Gasteiger partial charge >= 0.3 is 6.18 Å². The Morgan fingerprint density at radius 2 is 1.98 bits per heavy atom. The number of aldehydes is 1. The third-order valence-corrected chi connectivity index (χ3v) is 6.63. The molecule has 1 aromatic carbocycles. The minimum absolute atomic E-state index is 0.125. The van der Waals surface area contributed by atoms with Gasteiger partial charge in [0.05, 0.1) is 30.3 Å². The summed E-state index contributed by atoms with van der Waals surface area (Å²) in [6.07, 6.45) is 7.03. The fraction of sp³-hybridized carbons (Fsp3) is 0.400. The minimum atomic E-state index is -4.44. The maximum Gasteiger partial charge on any atom is 0.420 e. The number of aryl methyl sites for hydroxylation is 1. The number of rotatable bonds is 10. The smallest absolute Gasteiger partial charge is 0.420 e. The van der Waals surface area contributed by atoms with E-state index in [1.54, 1.807) is 36.3 Å². The maximum absolute atomic E-state index is 13.0. The van der Waals surface area contributed by atoms with Crippen LogP contribution in [0, 0.1) is 6.92 Å². The molecule has 12 heteroatoms. The highest BCUT2D eigenvalue weighted by atomic mass is 19.4. The van der Waals surface area contributed by atoms with Crippen LogP contribution in [0.15, 0.2) is 59.6 Å². The number of hydrogen-bond acceptors (Lipinski definition) is 8. The summed E-state index contributed by atoms with van der Waals surface area (Å²) in [7, 11) is 4.70. The number of hydrogen-bond donors (Lipinski definition) is 4. The van der Waals surface area contributed by atoms with Gasteiger partial charge in [0.2, 0.25) is 0 Å². The molecule has 0 amide bonds. The number of ether oxygens (including phenoxy) is 1. The van der Waals surface area contributed by atoms with E-state index in [0.29, 0.717) is 35.5 Å². The van der Waals surface area contributed by atoms with Gasteiger partial charge in [-0.15, -0.1) is 0 Å². The van der Waals surface area contributed by atoms with Crippen LogP contribution in [0.3, 0.4) is 0 Å². The average Bonchev–Trinajstić information content (AvgIpc) is 3.15. The number of nitrogens with one attached hydrogen (secondary N) is 2. The Kier molecular flexibility index (Phi) is 12.4. The van der Waals surface area contributed by atoms with Crippen molar-refractivity contribution in [2.24, 2.45) is 18.6 Å². The fourth-order valence-corrected chi connectivity index (χ4v) is 4.20. The number of hydrazine groups is 1. The predicted molar refractivity (Wildman–Crippen MR) is 161 cm³/mol. The van der Waals surface area contributed by atoms with Crippen LogP contribution in [0.1, 0.15) is 56.0 Å². The molecule has 0 unspecified atom stereocenters. The zero-order valence-corrected chi connectivity index (χ0v) is 25.3. The molecule has 0 bridgehead atoms. The minimum Gasteiger partial charge on any atom is -0.496 e. The first-order valence-electron chi connectivity index (χ1n) is 13.5. The molecule has 0 atom stereocenters. The van der Waals surface area contributed by atoms with Crippen molar-refractivity contribution in [2.75, 3.05) is 19.5 Å². The van der Waals surface area contributed by atoms with Crippen LogP contribution in [0.2, 0.25) is 0 Å². The van der Waals surface area contributed by atoms with Gasteiger partial charge in [-0.3, -0.25) is 14.5 Å². The monoisotopic (exact) mass is 589 g/mol. The van der Waals surface area contributed by atoms with E-state index in [1.807, 2.05) is 33.9 Å². The number of carbonyl (C=O) groups excluding carboxylic acids is 1. The first kappa shape index (κ1) is 34.2. The van der Waals surface area contributed by atoms with E-state index in [-0.39, 0.29) is 11.8 Å². The summed E-state index contributed by atoms with van der Waals surface area (Å²) in [6.45, 7) is 8.18. The SMILES string of the molecule is CCC1=CCC=C(C=O)C=C1N(N)/C=C(\N)c1cnn(C)c1C.CNc1cc(CNC(C)C)c(OC)c(C(F)(F)F)c1. The molecule has 230 valence electrons. The van der Waals surface area contributed by atoms with E-state index in [1.165, 1.54) is 12.1 Å². The maximum atomic E-state index is 13.0. The molecule has 0 saturated heterocycles. The van der Waals surface area contributed by atoms with Crippen LogP contribution in [-0.4, -0.2) is 41.3 Å². The van der Waals surface area contributed by atoms with Crippen molar-refractivity contribution in [1.82, 2.24) is 20.1 Å². The van der Waals surface area contributed by atoms with Crippen molar-refractivity contribution in [2.45, 2.75) is 59.3 Å². The number of benzene rings is 1. The number of halogens is 3. The summed E-state index contributed by atoms with van der Waals surface area (Å²) in [4.78, 5) is 11.1. The van der Waals surface area contributed by atoms with Crippen molar-refractivity contribution < 1.29 is 22.7 Å². The molecular weight excluding hydrogens is 547 g/mol. The van der Waals surface area contributed by atoms with E-state index in [0.717, 1.165) is 41.3 Å². The Balaban J connectivity index is 0.000000299. The summed E-state index contributed by atoms with van der Waals surface area (Å²) in [5.74, 6) is 6.07. The van der Waals surface area contributed by atoms with Gasteiger partial charge in [-0.1, -0.05) is 32.9 Å². The summed E-state index contributed by atoms with van der Waals surface area (Å²) < 4.78 is 45.7. The van der Waals surface area contributed by atoms with E-state index >= 15 is 0 Å². The second-order valence-corrected chi connectivity index (χ2v) is 9.93. The van der Waals surface area contributed by atoms with Crippen molar-refractivity contribution in [1.29, 1.82) is 0 Å². The first-order chi connectivity index (χ1) is 19.8. The van der Waals surface area contributed by atoms with Crippen LogP contribution in [-0.2, 0) is 24.6 Å². The molecule has 3 rings (SSSR count). The second kappa shape index (κ2) is 15.3. The van der Waals surface area contributed by atoms with Crippen molar-refractivity contribution in [3.05, 3.63) is 82.0 Å². The lowest BCUT2D eigenvalue weighted by molar-refractivity contribution is -0.138. The number of allylic oxidation sites excluding steroid dienone is 5. The van der Waals surface area contributed by atoms with Gasteiger partial charge in [-0.05, 0) is 43.5 Å². The highest BCUT2D eigenvalue weighted by Gasteiger charge is 2.36. The van der Waals surface area contributed by atoms with Gasteiger partial charge < -0.3 is 21.1 Å². The molecule has 0 fully saturated rings. The van der Waals surface area contributed by atoms with E-state index in [2.05, 4.69) is 28.7 Å². The average molecular weight is 590 g/mol. The largest absolute Gasteiger partial charge is 0.496 e. The second-order valence-electron chi connectivity index (χ2n) is 9.93. The van der Waals surface area contributed by atoms with E-state index in [4.69, 9.17) is 16.3 Å². The Hall–Kier alpha value is -4.03. The Morgan fingerprint density at radius 3 is 2.48 bits per heavy atom. The highest BCUT2D eigenvalue weighted by molar-refractivity contribution is 5.78. The van der Waals surface area contributed by atoms with Crippen molar-refractivity contribution in [3.8, 4) is 5.75 Å². The normalized spacial score (nSPS) is 13.8. The number of nitrogens with two attached hydrogens (primary N) is 2. The van der Waals surface area contributed by atoms with Crippen LogP contribution in [0.4, 0.5) is 18.9 Å². The number of nitrogens with zero attached hydrogens (tertiary/aromatic N) is 3. The topological polar surface area (TPSA) is 123 Å². The number of anilines is 1. The van der Waals surface area contributed by atoms with Gasteiger partial charge in [0.1, 0.15) is 12.0 Å². The number of methoxy groups -OCH3 is 1. The summed E-state index contributed by atoms with van der Waals surface area (Å²) in [5.41, 5.74) is 11.1. The lowest BCUT2D eigenvalue weighted by atomic mass is 10.1. The first-order valence-corrected chi connectivity index (χ1v) is 13.5. The molecule has 0 radical (unpaired) electrons. The molecule has 0 aliphatic heterocycles. The number of aromatic nitrogens is 2. The molecule has 1 aliphatic rings. The van der Waals surface area contributed by atoms with Gasteiger partial charge in [-0.2, -0.15) is 18.3 Å². The predicted octanol–water partition coefficient (Wildman–Crippen LogP) is 5.16. The molecule has 0 saturated carbocycles. The van der Waals surface area contributed by atoms with Crippen LogP contribution in [0.25, 0.3) is 5.70 Å². The molecule has 1 aliphatic carbocycles. The zero-order valence-electron chi connectivity index (χ0n) is 25.3. The fourth-order valence-electron chi connectivity index (χ4n) is 4.20. The molecule has 0 spiro atoms. The molecular formula is C30H42F3N7O2. The van der Waals surface area contributed by atoms with Gasteiger partial charge in [-0.25, -0.2) is 5.84 Å².